The van der Waals surface area contributed by atoms with Crippen molar-refractivity contribution in [2.45, 2.75) is 12.5 Å². The number of nitrogens with zero attached hydrogens (tertiary/aromatic N) is 1. The molecule has 0 radical (unpaired) electrons. The number of carbonyl (C=O) groups excluding carboxylic acids is 1. The van der Waals surface area contributed by atoms with E-state index in [1.54, 1.807) is 18.4 Å². The monoisotopic (exact) mass is 330 g/mol. The van der Waals surface area contributed by atoms with Gasteiger partial charge in [0.25, 0.3) is 0 Å². The molecule has 0 saturated heterocycles. The van der Waals surface area contributed by atoms with Crippen LogP contribution in [0.15, 0.2) is 41.8 Å². The van der Waals surface area contributed by atoms with Gasteiger partial charge in [0.2, 0.25) is 5.91 Å². The van der Waals surface area contributed by atoms with Crippen LogP contribution in [0.3, 0.4) is 0 Å². The lowest BCUT2D eigenvalue weighted by Crippen LogP contribution is -2.44. The van der Waals surface area contributed by atoms with Gasteiger partial charge in [-0.05, 0) is 29.0 Å². The van der Waals surface area contributed by atoms with E-state index in [-0.39, 0.29) is 11.9 Å². The third-order valence-electron chi connectivity index (χ3n) is 4.16. The summed E-state index contributed by atoms with van der Waals surface area (Å²) in [6.07, 6.45) is 0.945. The van der Waals surface area contributed by atoms with Crippen LogP contribution in [-0.4, -0.2) is 44.2 Å². The lowest BCUT2D eigenvalue weighted by atomic mass is 9.93. The fraction of sp³-hybridized carbons (Fsp3) is 0.389. The third kappa shape index (κ3) is 3.63. The second-order valence-corrected chi connectivity index (χ2v) is 6.62. The average Bonchev–Trinajstić information content (AvgIpc) is 3.07. The maximum Gasteiger partial charge on any atom is 0.237 e. The minimum atomic E-state index is 0.0305. The van der Waals surface area contributed by atoms with Gasteiger partial charge in [-0.2, -0.15) is 0 Å². The summed E-state index contributed by atoms with van der Waals surface area (Å²) in [7, 11) is 1.66. The van der Waals surface area contributed by atoms with Crippen LogP contribution >= 0.6 is 11.3 Å². The number of thiophene rings is 1. The van der Waals surface area contributed by atoms with Crippen LogP contribution in [0.1, 0.15) is 22.0 Å². The van der Waals surface area contributed by atoms with E-state index in [4.69, 9.17) is 4.74 Å². The summed E-state index contributed by atoms with van der Waals surface area (Å²) in [5.74, 6) is 0.145. The number of nitrogens with one attached hydrogen (secondary N) is 1. The smallest absolute Gasteiger partial charge is 0.237 e. The van der Waals surface area contributed by atoms with E-state index in [1.165, 1.54) is 16.0 Å². The first-order chi connectivity index (χ1) is 11.3. The number of amides is 1. The van der Waals surface area contributed by atoms with E-state index in [0.717, 1.165) is 13.0 Å². The lowest BCUT2D eigenvalue weighted by molar-refractivity contribution is -0.132. The number of rotatable bonds is 6. The second kappa shape index (κ2) is 7.73. The van der Waals surface area contributed by atoms with E-state index in [0.29, 0.717) is 19.7 Å². The SMILES string of the molecule is COCCNCC(=O)N1CCc2sccc2[C@H]1c1ccccc1. The minimum absolute atomic E-state index is 0.0305. The van der Waals surface area contributed by atoms with Gasteiger partial charge in [0.1, 0.15) is 0 Å². The molecule has 3 rings (SSSR count). The zero-order chi connectivity index (χ0) is 16.1. The molecular formula is C18H22N2O2S. The highest BCUT2D eigenvalue weighted by atomic mass is 32.1. The molecule has 0 unspecified atom stereocenters. The number of benzene rings is 1. The predicted octanol–water partition coefficient (Wildman–Crippen LogP) is 2.46. The highest BCUT2D eigenvalue weighted by Gasteiger charge is 2.32. The summed E-state index contributed by atoms with van der Waals surface area (Å²) >= 11 is 1.79. The molecule has 2 heterocycles. The van der Waals surface area contributed by atoms with E-state index in [1.807, 2.05) is 23.1 Å². The quantitative estimate of drug-likeness (QED) is 0.827. The van der Waals surface area contributed by atoms with E-state index >= 15 is 0 Å². The van der Waals surface area contributed by atoms with Gasteiger partial charge in [-0.1, -0.05) is 30.3 Å². The number of fused-ring (bicyclic) bond motifs is 1. The summed E-state index contributed by atoms with van der Waals surface area (Å²) in [5.41, 5.74) is 2.45. The largest absolute Gasteiger partial charge is 0.383 e. The Morgan fingerprint density at radius 3 is 2.96 bits per heavy atom. The summed E-state index contributed by atoms with van der Waals surface area (Å²) in [6.45, 7) is 2.43. The second-order valence-electron chi connectivity index (χ2n) is 5.62. The van der Waals surface area contributed by atoms with Crippen LogP contribution in [0, 0.1) is 0 Å². The minimum Gasteiger partial charge on any atom is -0.383 e. The highest BCUT2D eigenvalue weighted by Crippen LogP contribution is 2.37. The van der Waals surface area contributed by atoms with Crippen molar-refractivity contribution in [3.05, 3.63) is 57.8 Å². The molecule has 1 aromatic heterocycles. The molecule has 0 spiro atoms. The van der Waals surface area contributed by atoms with Crippen molar-refractivity contribution in [1.82, 2.24) is 10.2 Å². The number of carbonyl (C=O) groups is 1. The summed E-state index contributed by atoms with van der Waals surface area (Å²) in [4.78, 5) is 16.1. The molecule has 1 N–H and O–H groups in total. The van der Waals surface area contributed by atoms with Gasteiger partial charge < -0.3 is 15.0 Å². The molecule has 0 aliphatic carbocycles. The standard InChI is InChI=1S/C18H22N2O2S/c1-22-11-9-19-13-17(21)20-10-7-16-15(8-12-23-16)18(20)14-5-3-2-4-6-14/h2-6,8,12,18-19H,7,9-11,13H2,1H3/t18-/m1/s1. The normalized spacial score (nSPS) is 17.1. The average molecular weight is 330 g/mol. The summed E-state index contributed by atoms with van der Waals surface area (Å²) in [5, 5.41) is 5.29. The first-order valence-corrected chi connectivity index (χ1v) is 8.79. The van der Waals surface area contributed by atoms with Crippen molar-refractivity contribution in [3.8, 4) is 0 Å². The Kier molecular flexibility index (Phi) is 5.43. The lowest BCUT2D eigenvalue weighted by Gasteiger charge is -2.36. The number of hydrogen-bond acceptors (Lipinski definition) is 4. The van der Waals surface area contributed by atoms with E-state index in [2.05, 4.69) is 28.9 Å². The molecule has 2 aromatic rings. The van der Waals surface area contributed by atoms with Crippen LogP contribution < -0.4 is 5.32 Å². The molecule has 0 saturated carbocycles. The third-order valence-corrected chi connectivity index (χ3v) is 5.16. The Labute approximate surface area is 141 Å². The van der Waals surface area contributed by atoms with Gasteiger partial charge in [-0.15, -0.1) is 11.3 Å². The van der Waals surface area contributed by atoms with Crippen molar-refractivity contribution in [2.24, 2.45) is 0 Å². The number of hydrogen-bond donors (Lipinski definition) is 1. The molecule has 1 aliphatic heterocycles. The molecule has 1 aromatic carbocycles. The molecule has 4 nitrogen and oxygen atoms in total. The van der Waals surface area contributed by atoms with Crippen molar-refractivity contribution in [1.29, 1.82) is 0 Å². The van der Waals surface area contributed by atoms with Crippen LogP contribution in [0.5, 0.6) is 0 Å². The molecule has 23 heavy (non-hydrogen) atoms. The van der Waals surface area contributed by atoms with Gasteiger partial charge >= 0.3 is 0 Å². The fourth-order valence-electron chi connectivity index (χ4n) is 3.05. The molecule has 1 aliphatic rings. The Hall–Kier alpha value is -1.69. The summed E-state index contributed by atoms with van der Waals surface area (Å²) in [6, 6.07) is 12.5. The molecule has 1 atom stereocenters. The topological polar surface area (TPSA) is 41.6 Å². The first kappa shape index (κ1) is 16.2. The van der Waals surface area contributed by atoms with Gasteiger partial charge in [0, 0.05) is 25.1 Å². The van der Waals surface area contributed by atoms with Gasteiger partial charge in [-0.25, -0.2) is 0 Å². The molecule has 1 amide bonds. The molecular weight excluding hydrogens is 308 g/mol. The highest BCUT2D eigenvalue weighted by molar-refractivity contribution is 7.10. The Balaban J connectivity index is 1.80. The predicted molar refractivity (Wildman–Crippen MR) is 92.8 cm³/mol. The van der Waals surface area contributed by atoms with Crippen LogP contribution in [0.4, 0.5) is 0 Å². The van der Waals surface area contributed by atoms with Crippen molar-refractivity contribution >= 4 is 17.2 Å². The van der Waals surface area contributed by atoms with Crippen molar-refractivity contribution in [2.75, 3.05) is 33.4 Å². The van der Waals surface area contributed by atoms with E-state index < -0.39 is 0 Å². The maximum absolute atomic E-state index is 12.7. The number of ether oxygens (including phenoxy) is 1. The molecule has 5 heteroatoms. The zero-order valence-corrected chi connectivity index (χ0v) is 14.1. The Morgan fingerprint density at radius 1 is 1.35 bits per heavy atom. The summed E-state index contributed by atoms with van der Waals surface area (Å²) < 4.78 is 5.01. The van der Waals surface area contributed by atoms with Crippen molar-refractivity contribution in [3.63, 3.8) is 0 Å². The number of methoxy groups -OCH3 is 1. The Morgan fingerprint density at radius 2 is 2.17 bits per heavy atom. The fourth-order valence-corrected chi connectivity index (χ4v) is 3.95. The van der Waals surface area contributed by atoms with Crippen molar-refractivity contribution < 1.29 is 9.53 Å². The van der Waals surface area contributed by atoms with Crippen LogP contribution in [-0.2, 0) is 16.0 Å². The zero-order valence-electron chi connectivity index (χ0n) is 13.3. The molecule has 122 valence electrons. The van der Waals surface area contributed by atoms with Crippen LogP contribution in [0.25, 0.3) is 0 Å². The van der Waals surface area contributed by atoms with Gasteiger partial charge in [-0.3, -0.25) is 4.79 Å². The Bertz CT molecular complexity index is 641. The van der Waals surface area contributed by atoms with Gasteiger partial charge in [0.05, 0.1) is 19.2 Å². The van der Waals surface area contributed by atoms with Gasteiger partial charge in [0.15, 0.2) is 0 Å². The van der Waals surface area contributed by atoms with Crippen LogP contribution in [0.2, 0.25) is 0 Å². The molecule has 0 bridgehead atoms. The first-order valence-electron chi connectivity index (χ1n) is 7.91. The van der Waals surface area contributed by atoms with E-state index in [9.17, 15) is 4.79 Å². The molecule has 0 fully saturated rings. The maximum atomic E-state index is 12.7.